The molecule has 2 aliphatic heterocycles. The molecule has 1 N–H and O–H groups in total. The number of hydrogen-bond donors (Lipinski definition) is 1. The van der Waals surface area contributed by atoms with Crippen molar-refractivity contribution in [3.8, 4) is 0 Å². The number of nitrogens with one attached hydrogen (secondary N) is 1. The summed E-state index contributed by atoms with van der Waals surface area (Å²) in [6.07, 6.45) is 12.5. The van der Waals surface area contributed by atoms with Gasteiger partial charge in [0.15, 0.2) is 5.96 Å². The van der Waals surface area contributed by atoms with Crippen molar-refractivity contribution in [1.82, 2.24) is 24.7 Å². The lowest BCUT2D eigenvalue weighted by molar-refractivity contribution is 0.105. The van der Waals surface area contributed by atoms with E-state index >= 15 is 0 Å². The van der Waals surface area contributed by atoms with Crippen molar-refractivity contribution in [3.63, 3.8) is 0 Å². The average molecular weight is 405 g/mol. The predicted octanol–water partition coefficient (Wildman–Crippen LogP) is 2.70. The second-order valence-electron chi connectivity index (χ2n) is 8.72. The van der Waals surface area contributed by atoms with Crippen molar-refractivity contribution in [2.45, 2.75) is 50.6 Å². The van der Waals surface area contributed by atoms with E-state index in [9.17, 15) is 0 Å². The van der Waals surface area contributed by atoms with Gasteiger partial charge in [-0.1, -0.05) is 19.8 Å². The first-order valence-corrected chi connectivity index (χ1v) is 12.1. The number of aromatic nitrogens is 2. The number of nitrogens with zero attached hydrogens (tertiary/aromatic N) is 5. The van der Waals surface area contributed by atoms with E-state index in [0.717, 1.165) is 25.6 Å². The SMILES string of the molecule is CN=C(NCC1(N2CCSCC2)CCCC1)N1CCC(C)C(n2ccnc2)C1. The van der Waals surface area contributed by atoms with Gasteiger partial charge in [-0.3, -0.25) is 9.89 Å². The van der Waals surface area contributed by atoms with Crippen LogP contribution in [0.15, 0.2) is 23.7 Å². The Morgan fingerprint density at radius 3 is 2.71 bits per heavy atom. The molecule has 28 heavy (non-hydrogen) atoms. The van der Waals surface area contributed by atoms with Crippen LogP contribution in [0, 0.1) is 5.92 Å². The van der Waals surface area contributed by atoms with Gasteiger partial charge in [0.25, 0.3) is 0 Å². The standard InChI is InChI=1S/C21H36N6S/c1-18-5-9-25(15-19(18)26-10-8-23-17-26)20(22-2)24-16-21(6-3-4-7-21)27-11-13-28-14-12-27/h8,10,17-19H,3-7,9,11-16H2,1-2H3,(H,22,24). The van der Waals surface area contributed by atoms with Crippen LogP contribution >= 0.6 is 11.8 Å². The van der Waals surface area contributed by atoms with Crippen LogP contribution in [0.1, 0.15) is 45.1 Å². The number of aliphatic imine (C=N–C) groups is 1. The zero-order valence-electron chi connectivity index (χ0n) is 17.5. The van der Waals surface area contributed by atoms with E-state index in [0.29, 0.717) is 17.5 Å². The van der Waals surface area contributed by atoms with Crippen LogP contribution in [0.25, 0.3) is 0 Å². The minimum Gasteiger partial charge on any atom is -0.354 e. The van der Waals surface area contributed by atoms with Crippen LogP contribution < -0.4 is 5.32 Å². The predicted molar refractivity (Wildman–Crippen MR) is 118 cm³/mol. The van der Waals surface area contributed by atoms with E-state index in [1.54, 1.807) is 0 Å². The van der Waals surface area contributed by atoms with Crippen LogP contribution in [0.4, 0.5) is 0 Å². The first-order chi connectivity index (χ1) is 13.7. The van der Waals surface area contributed by atoms with Gasteiger partial charge in [0, 0.05) is 69.2 Å². The summed E-state index contributed by atoms with van der Waals surface area (Å²) in [6.45, 7) is 7.97. The van der Waals surface area contributed by atoms with E-state index in [1.807, 2.05) is 19.6 Å². The smallest absolute Gasteiger partial charge is 0.193 e. The van der Waals surface area contributed by atoms with E-state index in [4.69, 9.17) is 0 Å². The molecule has 1 aromatic heterocycles. The van der Waals surface area contributed by atoms with Gasteiger partial charge in [-0.2, -0.15) is 11.8 Å². The average Bonchev–Trinajstić information content (AvgIpc) is 3.43. The maximum absolute atomic E-state index is 4.67. The van der Waals surface area contributed by atoms with Gasteiger partial charge in [0.05, 0.1) is 12.4 Å². The molecule has 156 valence electrons. The molecule has 3 heterocycles. The third kappa shape index (κ3) is 4.20. The Hall–Kier alpha value is -1.21. The Morgan fingerprint density at radius 1 is 1.25 bits per heavy atom. The molecule has 1 aliphatic carbocycles. The highest BCUT2D eigenvalue weighted by Crippen LogP contribution is 2.36. The molecule has 0 spiro atoms. The van der Waals surface area contributed by atoms with Crippen LogP contribution in [0.5, 0.6) is 0 Å². The molecule has 7 heteroatoms. The molecule has 6 nitrogen and oxygen atoms in total. The first-order valence-electron chi connectivity index (χ1n) is 11.0. The van der Waals surface area contributed by atoms with E-state index in [-0.39, 0.29) is 0 Å². The highest BCUT2D eigenvalue weighted by molar-refractivity contribution is 7.99. The monoisotopic (exact) mass is 404 g/mol. The summed E-state index contributed by atoms with van der Waals surface area (Å²) < 4.78 is 2.27. The molecule has 3 fully saturated rings. The minimum atomic E-state index is 0.337. The quantitative estimate of drug-likeness (QED) is 0.618. The van der Waals surface area contributed by atoms with E-state index in [1.165, 1.54) is 56.7 Å². The van der Waals surface area contributed by atoms with Crippen LogP contribution in [-0.2, 0) is 0 Å². The lowest BCUT2D eigenvalue weighted by Crippen LogP contribution is -2.58. The van der Waals surface area contributed by atoms with E-state index in [2.05, 4.69) is 54.5 Å². The molecule has 2 unspecified atom stereocenters. The van der Waals surface area contributed by atoms with Crippen LogP contribution in [0.2, 0.25) is 0 Å². The lowest BCUT2D eigenvalue weighted by atomic mass is 9.93. The third-order valence-corrected chi connectivity index (χ3v) is 8.07. The Kier molecular flexibility index (Phi) is 6.51. The number of piperidine rings is 1. The number of thioether (sulfide) groups is 1. The van der Waals surface area contributed by atoms with Crippen molar-refractivity contribution < 1.29 is 0 Å². The van der Waals surface area contributed by atoms with E-state index < -0.39 is 0 Å². The first kappa shape index (κ1) is 20.1. The highest BCUT2D eigenvalue weighted by Gasteiger charge is 2.40. The molecule has 0 bridgehead atoms. The number of likely N-dealkylation sites (tertiary alicyclic amines) is 1. The number of guanidine groups is 1. The number of rotatable bonds is 4. The fraction of sp³-hybridized carbons (Fsp3) is 0.810. The Morgan fingerprint density at radius 2 is 2.04 bits per heavy atom. The summed E-state index contributed by atoms with van der Waals surface area (Å²) in [5.74, 6) is 4.31. The van der Waals surface area contributed by atoms with Crippen LogP contribution in [-0.4, -0.2) is 82.1 Å². The Bertz CT molecular complexity index is 633. The zero-order valence-corrected chi connectivity index (χ0v) is 18.3. The molecule has 3 aliphatic rings. The van der Waals surface area contributed by atoms with Gasteiger partial charge >= 0.3 is 0 Å². The molecular weight excluding hydrogens is 368 g/mol. The molecule has 0 amide bonds. The summed E-state index contributed by atoms with van der Waals surface area (Å²) >= 11 is 2.11. The summed E-state index contributed by atoms with van der Waals surface area (Å²) in [4.78, 5) is 14.2. The summed E-state index contributed by atoms with van der Waals surface area (Å²) in [6, 6.07) is 0.467. The summed E-state index contributed by atoms with van der Waals surface area (Å²) in [7, 11) is 1.94. The van der Waals surface area contributed by atoms with Crippen molar-refractivity contribution >= 4 is 17.7 Å². The number of hydrogen-bond acceptors (Lipinski definition) is 4. The van der Waals surface area contributed by atoms with Crippen molar-refractivity contribution in [2.24, 2.45) is 10.9 Å². The molecule has 2 saturated heterocycles. The second kappa shape index (κ2) is 9.08. The highest BCUT2D eigenvalue weighted by atomic mass is 32.2. The fourth-order valence-corrected chi connectivity index (χ4v) is 6.25. The topological polar surface area (TPSA) is 48.7 Å². The van der Waals surface area contributed by atoms with Gasteiger partial charge in [0.2, 0.25) is 0 Å². The molecule has 2 atom stereocenters. The molecular formula is C21H36N6S. The fourth-order valence-electron chi connectivity index (χ4n) is 5.35. The lowest BCUT2D eigenvalue weighted by Gasteiger charge is -2.45. The van der Waals surface area contributed by atoms with Gasteiger partial charge in [0.1, 0.15) is 0 Å². The largest absolute Gasteiger partial charge is 0.354 e. The summed E-state index contributed by atoms with van der Waals surface area (Å²) in [5, 5.41) is 3.80. The molecule has 0 radical (unpaired) electrons. The molecule has 1 aromatic rings. The van der Waals surface area contributed by atoms with Crippen LogP contribution in [0.3, 0.4) is 0 Å². The molecule has 4 rings (SSSR count). The second-order valence-corrected chi connectivity index (χ2v) is 9.95. The van der Waals surface area contributed by atoms with Crippen molar-refractivity contribution in [3.05, 3.63) is 18.7 Å². The zero-order chi connectivity index (χ0) is 19.4. The number of imidazole rings is 1. The maximum atomic E-state index is 4.67. The summed E-state index contributed by atoms with van der Waals surface area (Å²) in [5.41, 5.74) is 0.337. The van der Waals surface area contributed by atoms with Crippen molar-refractivity contribution in [2.75, 3.05) is 51.3 Å². The minimum absolute atomic E-state index is 0.337. The normalized spacial score (nSPS) is 29.2. The van der Waals surface area contributed by atoms with Crippen molar-refractivity contribution in [1.29, 1.82) is 0 Å². The third-order valence-electron chi connectivity index (χ3n) is 7.13. The maximum Gasteiger partial charge on any atom is 0.193 e. The Labute approximate surface area is 174 Å². The van der Waals surface area contributed by atoms with Gasteiger partial charge in [-0.15, -0.1) is 0 Å². The van der Waals surface area contributed by atoms with Gasteiger partial charge in [-0.05, 0) is 25.2 Å². The molecule has 1 saturated carbocycles. The van der Waals surface area contributed by atoms with Gasteiger partial charge < -0.3 is 14.8 Å². The van der Waals surface area contributed by atoms with Gasteiger partial charge in [-0.25, -0.2) is 4.98 Å². The molecule has 0 aromatic carbocycles. The Balaban J connectivity index is 1.41.